The van der Waals surface area contributed by atoms with E-state index in [-0.39, 0.29) is 17.6 Å². The molecule has 19 heavy (non-hydrogen) atoms. The molecule has 0 saturated carbocycles. The number of benzene rings is 1. The fourth-order valence-corrected chi connectivity index (χ4v) is 1.85. The van der Waals surface area contributed by atoms with Crippen molar-refractivity contribution in [2.24, 2.45) is 0 Å². The molecule has 100 valence electrons. The number of phenolic OH excluding ortho intramolecular Hbond substituents is 1. The van der Waals surface area contributed by atoms with Crippen LogP contribution in [0.5, 0.6) is 5.75 Å². The molecule has 0 radical (unpaired) electrons. The SMILES string of the molecule is O=C1CCN(C(=O)/C=C/c2ccc(O)cc2)CCN1. The molecule has 2 rings (SSSR count). The molecular weight excluding hydrogens is 244 g/mol. The minimum absolute atomic E-state index is 0.0159. The van der Waals surface area contributed by atoms with Crippen LogP contribution >= 0.6 is 0 Å². The van der Waals surface area contributed by atoms with Gasteiger partial charge in [0, 0.05) is 32.1 Å². The number of rotatable bonds is 2. The lowest BCUT2D eigenvalue weighted by molar-refractivity contribution is -0.125. The largest absolute Gasteiger partial charge is 0.508 e. The molecule has 5 heteroatoms. The summed E-state index contributed by atoms with van der Waals surface area (Å²) in [6, 6.07) is 6.59. The Labute approximate surface area is 111 Å². The maximum Gasteiger partial charge on any atom is 0.246 e. The van der Waals surface area contributed by atoms with Gasteiger partial charge < -0.3 is 15.3 Å². The standard InChI is InChI=1S/C14H16N2O3/c17-12-4-1-11(2-5-12)3-6-14(19)16-9-7-13(18)15-8-10-16/h1-6,17H,7-10H2,(H,15,18)/b6-3+. The van der Waals surface area contributed by atoms with Crippen molar-refractivity contribution in [1.82, 2.24) is 10.2 Å². The summed E-state index contributed by atoms with van der Waals surface area (Å²) < 4.78 is 0. The molecule has 0 aromatic heterocycles. The van der Waals surface area contributed by atoms with E-state index in [0.717, 1.165) is 5.56 Å². The Bertz CT molecular complexity index is 494. The number of hydrogen-bond acceptors (Lipinski definition) is 3. The Balaban J connectivity index is 1.96. The summed E-state index contributed by atoms with van der Waals surface area (Å²) in [5, 5.41) is 11.9. The zero-order chi connectivity index (χ0) is 13.7. The number of phenols is 1. The van der Waals surface area contributed by atoms with Crippen molar-refractivity contribution >= 4 is 17.9 Å². The minimum Gasteiger partial charge on any atom is -0.508 e. The third-order valence-corrected chi connectivity index (χ3v) is 2.94. The van der Waals surface area contributed by atoms with E-state index in [1.807, 2.05) is 0 Å². The van der Waals surface area contributed by atoms with Gasteiger partial charge in [0.05, 0.1) is 0 Å². The van der Waals surface area contributed by atoms with Crippen LogP contribution in [0.25, 0.3) is 6.08 Å². The smallest absolute Gasteiger partial charge is 0.246 e. The number of nitrogens with zero attached hydrogens (tertiary/aromatic N) is 1. The predicted octanol–water partition coefficient (Wildman–Crippen LogP) is 0.754. The normalized spacial score (nSPS) is 16.2. The summed E-state index contributed by atoms with van der Waals surface area (Å²) >= 11 is 0. The fraction of sp³-hybridized carbons (Fsp3) is 0.286. The molecule has 1 aromatic carbocycles. The minimum atomic E-state index is -0.107. The van der Waals surface area contributed by atoms with Crippen molar-refractivity contribution in [1.29, 1.82) is 0 Å². The van der Waals surface area contributed by atoms with Gasteiger partial charge in [0.15, 0.2) is 0 Å². The van der Waals surface area contributed by atoms with Crippen LogP contribution in [-0.4, -0.2) is 41.5 Å². The lowest BCUT2D eigenvalue weighted by atomic mass is 10.2. The zero-order valence-electron chi connectivity index (χ0n) is 10.5. The maximum absolute atomic E-state index is 11.9. The van der Waals surface area contributed by atoms with Gasteiger partial charge in [0.1, 0.15) is 5.75 Å². The summed E-state index contributed by atoms with van der Waals surface area (Å²) in [5.41, 5.74) is 0.843. The van der Waals surface area contributed by atoms with Crippen molar-refractivity contribution in [2.45, 2.75) is 6.42 Å². The molecule has 1 fully saturated rings. The van der Waals surface area contributed by atoms with Crippen molar-refractivity contribution in [3.8, 4) is 5.75 Å². The van der Waals surface area contributed by atoms with Crippen molar-refractivity contribution in [3.05, 3.63) is 35.9 Å². The first kappa shape index (κ1) is 13.1. The fourth-order valence-electron chi connectivity index (χ4n) is 1.85. The topological polar surface area (TPSA) is 69.6 Å². The van der Waals surface area contributed by atoms with Crippen LogP contribution in [0.2, 0.25) is 0 Å². The van der Waals surface area contributed by atoms with Crippen molar-refractivity contribution in [3.63, 3.8) is 0 Å². The van der Waals surface area contributed by atoms with Gasteiger partial charge in [-0.15, -0.1) is 0 Å². The van der Waals surface area contributed by atoms with Crippen LogP contribution in [0.1, 0.15) is 12.0 Å². The van der Waals surface area contributed by atoms with Gasteiger partial charge >= 0.3 is 0 Å². The molecule has 1 aromatic rings. The summed E-state index contributed by atoms with van der Waals surface area (Å²) in [5.74, 6) is 0.0722. The molecular formula is C14H16N2O3. The molecule has 1 saturated heterocycles. The first-order valence-electron chi connectivity index (χ1n) is 6.18. The van der Waals surface area contributed by atoms with Gasteiger partial charge in [-0.25, -0.2) is 0 Å². The Morgan fingerprint density at radius 2 is 2.00 bits per heavy atom. The maximum atomic E-state index is 11.9. The molecule has 0 unspecified atom stereocenters. The lowest BCUT2D eigenvalue weighted by Gasteiger charge is -2.17. The number of carbonyl (C=O) groups is 2. The molecule has 2 N–H and O–H groups in total. The van der Waals surface area contributed by atoms with Gasteiger partial charge in [0.25, 0.3) is 0 Å². The molecule has 0 atom stereocenters. The van der Waals surface area contributed by atoms with E-state index in [9.17, 15) is 9.59 Å². The van der Waals surface area contributed by atoms with E-state index in [0.29, 0.717) is 26.1 Å². The van der Waals surface area contributed by atoms with Crippen LogP contribution in [-0.2, 0) is 9.59 Å². The third-order valence-electron chi connectivity index (χ3n) is 2.94. The van der Waals surface area contributed by atoms with Crippen LogP contribution < -0.4 is 5.32 Å². The number of amides is 2. The second kappa shape index (κ2) is 6.04. The van der Waals surface area contributed by atoms with Crippen molar-refractivity contribution < 1.29 is 14.7 Å². The molecule has 0 bridgehead atoms. The van der Waals surface area contributed by atoms with Crippen LogP contribution in [0.3, 0.4) is 0 Å². The van der Waals surface area contributed by atoms with Crippen LogP contribution in [0.15, 0.2) is 30.3 Å². The number of aromatic hydroxyl groups is 1. The van der Waals surface area contributed by atoms with Crippen LogP contribution in [0.4, 0.5) is 0 Å². The highest BCUT2D eigenvalue weighted by atomic mass is 16.3. The average molecular weight is 260 g/mol. The molecule has 1 aliphatic rings. The Kier molecular flexibility index (Phi) is 4.18. The van der Waals surface area contributed by atoms with E-state index in [1.165, 1.54) is 6.08 Å². The van der Waals surface area contributed by atoms with Gasteiger partial charge in [-0.2, -0.15) is 0 Å². The lowest BCUT2D eigenvalue weighted by Crippen LogP contribution is -2.32. The highest BCUT2D eigenvalue weighted by Crippen LogP contribution is 2.11. The highest BCUT2D eigenvalue weighted by Gasteiger charge is 2.16. The Morgan fingerprint density at radius 3 is 2.74 bits per heavy atom. The molecule has 0 spiro atoms. The summed E-state index contributed by atoms with van der Waals surface area (Å²) in [6.45, 7) is 1.48. The summed E-state index contributed by atoms with van der Waals surface area (Å²) in [6.07, 6.45) is 3.53. The Morgan fingerprint density at radius 1 is 1.26 bits per heavy atom. The van der Waals surface area contributed by atoms with Crippen molar-refractivity contribution in [2.75, 3.05) is 19.6 Å². The first-order chi connectivity index (χ1) is 9.15. The quantitative estimate of drug-likeness (QED) is 0.771. The zero-order valence-corrected chi connectivity index (χ0v) is 10.5. The van der Waals surface area contributed by atoms with E-state index in [1.54, 1.807) is 35.2 Å². The summed E-state index contributed by atoms with van der Waals surface area (Å²) in [7, 11) is 0. The second-order valence-corrected chi connectivity index (χ2v) is 4.35. The molecule has 1 aliphatic heterocycles. The van der Waals surface area contributed by atoms with E-state index in [4.69, 9.17) is 5.11 Å². The third kappa shape index (κ3) is 3.84. The molecule has 1 heterocycles. The van der Waals surface area contributed by atoms with Gasteiger partial charge in [-0.3, -0.25) is 9.59 Å². The molecule has 5 nitrogen and oxygen atoms in total. The average Bonchev–Trinajstić information content (AvgIpc) is 2.63. The van der Waals surface area contributed by atoms with E-state index < -0.39 is 0 Å². The number of hydrogen-bond donors (Lipinski definition) is 2. The highest BCUT2D eigenvalue weighted by molar-refractivity contribution is 5.92. The number of nitrogens with one attached hydrogen (secondary N) is 1. The second-order valence-electron chi connectivity index (χ2n) is 4.35. The van der Waals surface area contributed by atoms with Crippen LogP contribution in [0, 0.1) is 0 Å². The Hall–Kier alpha value is -2.30. The summed E-state index contributed by atoms with van der Waals surface area (Å²) in [4.78, 5) is 24.8. The first-order valence-corrected chi connectivity index (χ1v) is 6.18. The monoisotopic (exact) mass is 260 g/mol. The number of carbonyl (C=O) groups excluding carboxylic acids is 2. The van der Waals surface area contributed by atoms with Gasteiger partial charge in [-0.1, -0.05) is 12.1 Å². The molecule has 2 amide bonds. The van der Waals surface area contributed by atoms with E-state index in [2.05, 4.69) is 5.32 Å². The molecule has 0 aliphatic carbocycles. The van der Waals surface area contributed by atoms with Gasteiger partial charge in [0.2, 0.25) is 11.8 Å². The predicted molar refractivity (Wildman–Crippen MR) is 71.3 cm³/mol. The van der Waals surface area contributed by atoms with E-state index >= 15 is 0 Å². The van der Waals surface area contributed by atoms with Gasteiger partial charge in [-0.05, 0) is 23.8 Å².